The molecule has 2 aromatic rings. The van der Waals surface area contributed by atoms with E-state index in [-0.39, 0.29) is 17.0 Å². The first-order valence-corrected chi connectivity index (χ1v) is 9.02. The number of H-pyrrole nitrogens is 1. The summed E-state index contributed by atoms with van der Waals surface area (Å²) in [5, 5.41) is 2.47. The lowest BCUT2D eigenvalue weighted by atomic mass is 10.1. The second-order valence-electron chi connectivity index (χ2n) is 5.55. The smallest absolute Gasteiger partial charge is 0.262 e. The van der Waals surface area contributed by atoms with E-state index in [2.05, 4.69) is 15.1 Å². The number of rotatable bonds is 7. The summed E-state index contributed by atoms with van der Waals surface area (Å²) >= 11 is 0. The van der Waals surface area contributed by atoms with Crippen molar-refractivity contribution in [2.24, 2.45) is 0 Å². The summed E-state index contributed by atoms with van der Waals surface area (Å²) in [4.78, 5) is 32.5. The Morgan fingerprint density at radius 1 is 1.23 bits per heavy atom. The van der Waals surface area contributed by atoms with Gasteiger partial charge < -0.3 is 10.3 Å². The van der Waals surface area contributed by atoms with Crippen LogP contribution in [0.4, 0.5) is 4.39 Å². The van der Waals surface area contributed by atoms with Crippen molar-refractivity contribution in [2.45, 2.75) is 25.3 Å². The molecule has 0 saturated heterocycles. The van der Waals surface area contributed by atoms with E-state index in [1.54, 1.807) is 24.8 Å². The monoisotopic (exact) mass is 383 g/mol. The molecule has 10 heteroatoms. The fourth-order valence-electron chi connectivity index (χ4n) is 2.17. The molecule has 0 saturated carbocycles. The predicted molar refractivity (Wildman–Crippen MR) is 91.1 cm³/mol. The van der Waals surface area contributed by atoms with Gasteiger partial charge in [0.05, 0.1) is 4.90 Å². The summed E-state index contributed by atoms with van der Waals surface area (Å²) in [6.07, 6.45) is 0. The normalized spacial score (nSPS) is 11.3. The largest absolute Gasteiger partial charge is 0.350 e. The minimum Gasteiger partial charge on any atom is -0.350 e. The minimum atomic E-state index is -4.03. The number of sulfonamides is 1. The van der Waals surface area contributed by atoms with Gasteiger partial charge in [-0.3, -0.25) is 14.4 Å². The van der Waals surface area contributed by atoms with Crippen LogP contribution in [0.1, 0.15) is 16.8 Å². The van der Waals surface area contributed by atoms with Gasteiger partial charge in [0.2, 0.25) is 5.91 Å². The molecule has 1 heterocycles. The number of aromatic amines is 1. The number of pyridine rings is 1. The van der Waals surface area contributed by atoms with E-state index in [1.807, 2.05) is 0 Å². The molecule has 0 aliphatic rings. The number of carbonyl (C=O) groups is 1. The Bertz CT molecular complexity index is 955. The van der Waals surface area contributed by atoms with Crippen LogP contribution in [0.2, 0.25) is 0 Å². The maximum Gasteiger partial charge on any atom is 0.262 e. The van der Waals surface area contributed by atoms with E-state index < -0.39 is 28.4 Å². The first kappa shape index (κ1) is 19.8. The Morgan fingerprint density at radius 3 is 2.50 bits per heavy atom. The van der Waals surface area contributed by atoms with Gasteiger partial charge in [0.1, 0.15) is 12.4 Å². The number of aryl methyl sites for hydroxylation is 2. The molecule has 1 aromatic carbocycles. The zero-order valence-electron chi connectivity index (χ0n) is 14.1. The van der Waals surface area contributed by atoms with Gasteiger partial charge in [-0.1, -0.05) is 4.89 Å². The fraction of sp³-hybridized carbons (Fsp3) is 0.250. The van der Waals surface area contributed by atoms with Gasteiger partial charge in [0, 0.05) is 17.8 Å². The van der Waals surface area contributed by atoms with E-state index in [0.29, 0.717) is 11.3 Å². The maximum atomic E-state index is 12.8. The average molecular weight is 383 g/mol. The minimum absolute atomic E-state index is 0.0195. The molecule has 2 rings (SSSR count). The van der Waals surface area contributed by atoms with E-state index in [9.17, 15) is 22.4 Å². The lowest BCUT2D eigenvalue weighted by Gasteiger charge is -2.09. The van der Waals surface area contributed by atoms with Gasteiger partial charge in [-0.2, -0.15) is 0 Å². The molecular formula is C16H18FN3O5S. The number of aromatic nitrogens is 1. The predicted octanol–water partition coefficient (Wildman–Crippen LogP) is 0.657. The molecule has 26 heavy (non-hydrogen) atoms. The van der Waals surface area contributed by atoms with E-state index >= 15 is 0 Å². The summed E-state index contributed by atoms with van der Waals surface area (Å²) in [6.45, 7) is 2.88. The molecule has 0 aliphatic heterocycles. The highest BCUT2D eigenvalue weighted by molar-refractivity contribution is 7.89. The number of nitrogens with one attached hydrogen (secondary N) is 3. The van der Waals surface area contributed by atoms with Gasteiger partial charge in [0.15, 0.2) is 0 Å². The Hall–Kier alpha value is -2.56. The first-order chi connectivity index (χ1) is 12.2. The topological polar surface area (TPSA) is 117 Å². The second kappa shape index (κ2) is 8.21. The van der Waals surface area contributed by atoms with Crippen LogP contribution < -0.4 is 15.8 Å². The van der Waals surface area contributed by atoms with Crippen molar-refractivity contribution in [3.8, 4) is 0 Å². The van der Waals surface area contributed by atoms with Gasteiger partial charge in [0.25, 0.3) is 15.6 Å². The van der Waals surface area contributed by atoms with Crippen molar-refractivity contribution in [3.63, 3.8) is 0 Å². The third kappa shape index (κ3) is 5.22. The van der Waals surface area contributed by atoms with Gasteiger partial charge in [-0.25, -0.2) is 12.8 Å². The molecule has 0 bridgehead atoms. The zero-order chi connectivity index (χ0) is 19.3. The van der Waals surface area contributed by atoms with Gasteiger partial charge in [-0.15, -0.1) is 0 Å². The second-order valence-corrected chi connectivity index (χ2v) is 7.19. The van der Waals surface area contributed by atoms with Crippen molar-refractivity contribution < 1.29 is 22.4 Å². The maximum absolute atomic E-state index is 12.8. The van der Waals surface area contributed by atoms with Crippen LogP contribution in [0, 0.1) is 19.7 Å². The highest BCUT2D eigenvalue weighted by Crippen LogP contribution is 2.09. The molecule has 0 fully saturated rings. The van der Waals surface area contributed by atoms with Crippen LogP contribution >= 0.6 is 0 Å². The van der Waals surface area contributed by atoms with Crippen molar-refractivity contribution in [3.05, 3.63) is 63.3 Å². The number of carbonyl (C=O) groups excluding carboxylic acids is 1. The van der Waals surface area contributed by atoms with Crippen LogP contribution in [0.3, 0.4) is 0 Å². The Balaban J connectivity index is 1.86. The molecule has 3 N–H and O–H groups in total. The zero-order valence-corrected chi connectivity index (χ0v) is 14.9. The molecule has 140 valence electrons. The molecule has 0 radical (unpaired) electrons. The number of amides is 1. The third-order valence-corrected chi connectivity index (χ3v) is 4.68. The fourth-order valence-corrected chi connectivity index (χ4v) is 2.98. The summed E-state index contributed by atoms with van der Waals surface area (Å²) in [5.41, 5.74) is 1.53. The van der Waals surface area contributed by atoms with E-state index in [4.69, 9.17) is 0 Å². The summed E-state index contributed by atoms with van der Waals surface area (Å²) in [7, 11) is -4.03. The summed E-state index contributed by atoms with van der Waals surface area (Å²) in [5.74, 6) is -1.20. The van der Waals surface area contributed by atoms with Gasteiger partial charge >= 0.3 is 0 Å². The average Bonchev–Trinajstić information content (AvgIpc) is 2.54. The van der Waals surface area contributed by atoms with Gasteiger partial charge in [-0.05, 0) is 49.7 Å². The molecule has 0 aliphatic carbocycles. The summed E-state index contributed by atoms with van der Waals surface area (Å²) in [6, 6.07) is 5.88. The molecule has 0 unspecified atom stereocenters. The van der Waals surface area contributed by atoms with Crippen molar-refractivity contribution in [2.75, 3.05) is 6.61 Å². The SMILES string of the molecule is Cc1cc(C)c(CNC(=O)CONS(=O)(=O)c2ccc(F)cc2)c(=O)[nH]1. The molecule has 0 atom stereocenters. The van der Waals surface area contributed by atoms with Crippen LogP contribution in [0.15, 0.2) is 40.0 Å². The van der Waals surface area contributed by atoms with Crippen LogP contribution in [0.25, 0.3) is 0 Å². The van der Waals surface area contributed by atoms with Crippen molar-refractivity contribution in [1.82, 2.24) is 15.2 Å². The highest BCUT2D eigenvalue weighted by atomic mass is 32.2. The van der Waals surface area contributed by atoms with Crippen molar-refractivity contribution in [1.29, 1.82) is 0 Å². The number of hydrogen-bond acceptors (Lipinski definition) is 5. The third-order valence-electron chi connectivity index (χ3n) is 3.45. The number of halogens is 1. The molecule has 1 amide bonds. The van der Waals surface area contributed by atoms with Crippen LogP contribution in [0.5, 0.6) is 0 Å². The Kier molecular flexibility index (Phi) is 6.24. The lowest BCUT2D eigenvalue weighted by molar-refractivity contribution is -0.126. The molecule has 0 spiro atoms. The van der Waals surface area contributed by atoms with E-state index in [0.717, 1.165) is 29.8 Å². The number of hydrogen-bond donors (Lipinski definition) is 3. The van der Waals surface area contributed by atoms with E-state index in [1.165, 1.54) is 0 Å². The Labute approximate surface area is 149 Å². The van der Waals surface area contributed by atoms with Crippen LogP contribution in [-0.2, 0) is 26.2 Å². The first-order valence-electron chi connectivity index (χ1n) is 7.54. The molecule has 1 aromatic heterocycles. The van der Waals surface area contributed by atoms with Crippen LogP contribution in [-0.4, -0.2) is 25.9 Å². The summed E-state index contributed by atoms with van der Waals surface area (Å²) < 4.78 is 36.6. The number of benzene rings is 1. The Morgan fingerprint density at radius 2 is 1.88 bits per heavy atom. The quantitative estimate of drug-likeness (QED) is 0.607. The highest BCUT2D eigenvalue weighted by Gasteiger charge is 2.15. The molecule has 8 nitrogen and oxygen atoms in total. The molecular weight excluding hydrogens is 365 g/mol. The standard InChI is InChI=1S/C16H18FN3O5S/c1-10-7-11(2)19-16(22)14(10)8-18-15(21)9-25-20-26(23,24)13-5-3-12(17)4-6-13/h3-7,20H,8-9H2,1-2H3,(H,18,21)(H,19,22). The van der Waals surface area contributed by atoms with Crippen molar-refractivity contribution >= 4 is 15.9 Å². The lowest BCUT2D eigenvalue weighted by Crippen LogP contribution is -2.34.